The van der Waals surface area contributed by atoms with Crippen molar-refractivity contribution in [2.24, 2.45) is 0 Å². The number of phenols is 1. The van der Waals surface area contributed by atoms with Crippen LogP contribution < -0.4 is 0 Å². The number of aryl methyl sites for hydroxylation is 1. The second-order valence-electron chi connectivity index (χ2n) is 3.28. The number of fused-ring (bicyclic) bond motifs is 1. The molecule has 0 bridgehead atoms. The molecule has 0 aliphatic rings. The van der Waals surface area contributed by atoms with Crippen LogP contribution in [0.4, 0.5) is 0 Å². The number of phenolic OH excluding ortho intramolecular Hbond substituents is 1. The summed E-state index contributed by atoms with van der Waals surface area (Å²) in [5, 5.41) is 19.1. The van der Waals surface area contributed by atoms with Crippen molar-refractivity contribution in [3.8, 4) is 5.75 Å². The highest BCUT2D eigenvalue weighted by Gasteiger charge is 2.14. The number of nitrogens with one attached hydrogen (secondary N) is 1. The predicted molar refractivity (Wildman–Crippen MR) is 56.7 cm³/mol. The molecule has 0 saturated heterocycles. The molecule has 2 aromatic rings. The van der Waals surface area contributed by atoms with Crippen molar-refractivity contribution < 1.29 is 15.0 Å². The number of hydrogen-bond donors (Lipinski definition) is 3. The van der Waals surface area contributed by atoms with E-state index in [0.29, 0.717) is 16.5 Å². The van der Waals surface area contributed by atoms with Gasteiger partial charge in [-0.25, -0.2) is 4.79 Å². The van der Waals surface area contributed by atoms with Crippen LogP contribution >= 0.6 is 11.6 Å². The summed E-state index contributed by atoms with van der Waals surface area (Å²) in [6.07, 6.45) is 0. The Bertz CT molecular complexity index is 559. The Labute approximate surface area is 90.1 Å². The Balaban J connectivity index is 2.83. The lowest BCUT2D eigenvalue weighted by atomic mass is 10.1. The van der Waals surface area contributed by atoms with E-state index >= 15 is 0 Å². The summed E-state index contributed by atoms with van der Waals surface area (Å²) in [6.45, 7) is 1.68. The van der Waals surface area contributed by atoms with Gasteiger partial charge in [-0.05, 0) is 24.6 Å². The SMILES string of the molecule is Cc1c(C(=O)O)[nH]c2cc(Cl)c(O)cc12. The largest absolute Gasteiger partial charge is 0.506 e. The minimum atomic E-state index is -1.03. The Morgan fingerprint density at radius 1 is 1.47 bits per heavy atom. The first-order valence-corrected chi connectivity index (χ1v) is 4.62. The molecular formula is C10H8ClNO3. The first-order chi connectivity index (χ1) is 7.00. The maximum absolute atomic E-state index is 10.8. The molecule has 0 aliphatic carbocycles. The molecule has 0 fully saturated rings. The molecule has 2 rings (SSSR count). The lowest BCUT2D eigenvalue weighted by Crippen LogP contribution is -1.97. The Kier molecular flexibility index (Phi) is 2.08. The number of aromatic carboxylic acids is 1. The number of aromatic nitrogens is 1. The lowest BCUT2D eigenvalue weighted by molar-refractivity contribution is 0.0691. The lowest BCUT2D eigenvalue weighted by Gasteiger charge is -1.96. The van der Waals surface area contributed by atoms with Gasteiger partial charge < -0.3 is 15.2 Å². The minimum Gasteiger partial charge on any atom is -0.506 e. The van der Waals surface area contributed by atoms with Gasteiger partial charge in [0.05, 0.1) is 5.02 Å². The quantitative estimate of drug-likeness (QED) is 0.698. The zero-order chi connectivity index (χ0) is 11.2. The first kappa shape index (κ1) is 9.86. The van der Waals surface area contributed by atoms with E-state index in [0.717, 1.165) is 0 Å². The molecule has 0 atom stereocenters. The average molecular weight is 226 g/mol. The van der Waals surface area contributed by atoms with Crippen molar-refractivity contribution in [1.82, 2.24) is 4.98 Å². The molecule has 15 heavy (non-hydrogen) atoms. The monoisotopic (exact) mass is 225 g/mol. The number of rotatable bonds is 1. The van der Waals surface area contributed by atoms with Gasteiger partial charge in [-0.2, -0.15) is 0 Å². The standard InChI is InChI=1S/C10H8ClNO3/c1-4-5-2-8(13)6(11)3-7(5)12-9(4)10(14)15/h2-3,12-13H,1H3,(H,14,15). The summed E-state index contributed by atoms with van der Waals surface area (Å²) in [5.41, 5.74) is 1.31. The fourth-order valence-corrected chi connectivity index (χ4v) is 1.72. The topological polar surface area (TPSA) is 73.3 Å². The van der Waals surface area contributed by atoms with Crippen LogP contribution in [0.15, 0.2) is 12.1 Å². The van der Waals surface area contributed by atoms with Gasteiger partial charge in [-0.3, -0.25) is 0 Å². The number of carboxylic acid groups (broad SMARTS) is 1. The fraction of sp³-hybridized carbons (Fsp3) is 0.100. The number of carbonyl (C=O) groups is 1. The minimum absolute atomic E-state index is 0.0526. The number of aromatic hydroxyl groups is 1. The van der Waals surface area contributed by atoms with Gasteiger partial charge >= 0.3 is 5.97 Å². The molecule has 0 spiro atoms. The third-order valence-corrected chi connectivity index (χ3v) is 2.64. The Hall–Kier alpha value is -1.68. The van der Waals surface area contributed by atoms with Crippen molar-refractivity contribution in [3.05, 3.63) is 28.4 Å². The molecule has 78 valence electrons. The average Bonchev–Trinajstić information content (AvgIpc) is 2.46. The van der Waals surface area contributed by atoms with Gasteiger partial charge in [0.15, 0.2) is 0 Å². The molecule has 0 amide bonds. The Morgan fingerprint density at radius 2 is 2.13 bits per heavy atom. The third-order valence-electron chi connectivity index (χ3n) is 2.34. The predicted octanol–water partition coefficient (Wildman–Crippen LogP) is 2.53. The molecule has 1 heterocycles. The molecule has 4 nitrogen and oxygen atoms in total. The zero-order valence-corrected chi connectivity index (χ0v) is 8.59. The molecule has 1 aromatic carbocycles. The van der Waals surface area contributed by atoms with E-state index in [4.69, 9.17) is 16.7 Å². The van der Waals surface area contributed by atoms with Crippen LogP contribution in [0.1, 0.15) is 16.1 Å². The summed E-state index contributed by atoms with van der Waals surface area (Å²) in [5.74, 6) is -1.08. The highest BCUT2D eigenvalue weighted by atomic mass is 35.5. The van der Waals surface area contributed by atoms with Crippen LogP contribution in [-0.4, -0.2) is 21.2 Å². The van der Waals surface area contributed by atoms with Crippen LogP contribution in [0.3, 0.4) is 0 Å². The number of carboxylic acids is 1. The van der Waals surface area contributed by atoms with E-state index in [1.54, 1.807) is 6.92 Å². The van der Waals surface area contributed by atoms with E-state index < -0.39 is 5.97 Å². The number of H-pyrrole nitrogens is 1. The van der Waals surface area contributed by atoms with E-state index in [2.05, 4.69) is 4.98 Å². The highest BCUT2D eigenvalue weighted by molar-refractivity contribution is 6.32. The first-order valence-electron chi connectivity index (χ1n) is 4.25. The van der Waals surface area contributed by atoms with Crippen LogP contribution in [-0.2, 0) is 0 Å². The van der Waals surface area contributed by atoms with E-state index in [-0.39, 0.29) is 16.5 Å². The smallest absolute Gasteiger partial charge is 0.352 e. The van der Waals surface area contributed by atoms with Gasteiger partial charge in [0, 0.05) is 10.9 Å². The van der Waals surface area contributed by atoms with Gasteiger partial charge in [-0.1, -0.05) is 11.6 Å². The second-order valence-corrected chi connectivity index (χ2v) is 3.69. The van der Waals surface area contributed by atoms with Crippen molar-refractivity contribution in [1.29, 1.82) is 0 Å². The summed E-state index contributed by atoms with van der Waals surface area (Å²) in [6, 6.07) is 2.96. The molecule has 1 aromatic heterocycles. The van der Waals surface area contributed by atoms with Gasteiger partial charge in [0.1, 0.15) is 11.4 Å². The number of halogens is 1. The molecule has 0 saturated carbocycles. The van der Waals surface area contributed by atoms with Crippen molar-refractivity contribution in [3.63, 3.8) is 0 Å². The summed E-state index contributed by atoms with van der Waals surface area (Å²) >= 11 is 5.71. The van der Waals surface area contributed by atoms with Crippen LogP contribution in [0.2, 0.25) is 5.02 Å². The molecular weight excluding hydrogens is 218 g/mol. The molecule has 0 radical (unpaired) electrons. The Morgan fingerprint density at radius 3 is 2.73 bits per heavy atom. The van der Waals surface area contributed by atoms with E-state index in [1.807, 2.05) is 0 Å². The molecule has 5 heteroatoms. The number of hydrogen-bond acceptors (Lipinski definition) is 2. The second kappa shape index (κ2) is 3.17. The zero-order valence-electron chi connectivity index (χ0n) is 7.84. The molecule has 3 N–H and O–H groups in total. The fourth-order valence-electron chi connectivity index (χ4n) is 1.55. The number of aromatic amines is 1. The summed E-state index contributed by atoms with van der Waals surface area (Å²) in [4.78, 5) is 13.6. The van der Waals surface area contributed by atoms with Crippen molar-refractivity contribution in [2.75, 3.05) is 0 Å². The normalized spacial score (nSPS) is 10.8. The van der Waals surface area contributed by atoms with Gasteiger partial charge in [0.2, 0.25) is 0 Å². The summed E-state index contributed by atoms with van der Waals surface area (Å²) < 4.78 is 0. The van der Waals surface area contributed by atoms with Crippen LogP contribution in [0, 0.1) is 6.92 Å². The van der Waals surface area contributed by atoms with E-state index in [9.17, 15) is 9.90 Å². The summed E-state index contributed by atoms with van der Waals surface area (Å²) in [7, 11) is 0. The highest BCUT2D eigenvalue weighted by Crippen LogP contribution is 2.31. The molecule has 0 unspecified atom stereocenters. The number of benzene rings is 1. The maximum atomic E-state index is 10.8. The van der Waals surface area contributed by atoms with Crippen LogP contribution in [0.5, 0.6) is 5.75 Å². The van der Waals surface area contributed by atoms with Crippen molar-refractivity contribution in [2.45, 2.75) is 6.92 Å². The van der Waals surface area contributed by atoms with Gasteiger partial charge in [-0.15, -0.1) is 0 Å². The van der Waals surface area contributed by atoms with Gasteiger partial charge in [0.25, 0.3) is 0 Å². The van der Waals surface area contributed by atoms with Crippen LogP contribution in [0.25, 0.3) is 10.9 Å². The third kappa shape index (κ3) is 1.43. The maximum Gasteiger partial charge on any atom is 0.352 e. The van der Waals surface area contributed by atoms with E-state index in [1.165, 1.54) is 12.1 Å². The van der Waals surface area contributed by atoms with Crippen molar-refractivity contribution >= 4 is 28.5 Å². The molecule has 0 aliphatic heterocycles.